The zero-order valence-corrected chi connectivity index (χ0v) is 9.80. The molecule has 0 saturated carbocycles. The molecular formula is C9H13N7O. The van der Waals surface area contributed by atoms with Gasteiger partial charge in [-0.2, -0.15) is 10.2 Å². The summed E-state index contributed by atoms with van der Waals surface area (Å²) in [6.45, 7) is 3.76. The fourth-order valence-corrected chi connectivity index (χ4v) is 1.32. The number of methoxy groups -OCH3 is 1. The lowest BCUT2D eigenvalue weighted by molar-refractivity contribution is 0.397. The summed E-state index contributed by atoms with van der Waals surface area (Å²) in [7, 11) is 1.56. The van der Waals surface area contributed by atoms with Gasteiger partial charge >= 0.3 is 0 Å². The Kier molecular flexibility index (Phi) is 3.12. The zero-order chi connectivity index (χ0) is 12.3. The van der Waals surface area contributed by atoms with Gasteiger partial charge in [-0.1, -0.05) is 5.21 Å². The van der Waals surface area contributed by atoms with Crippen molar-refractivity contribution in [1.82, 2.24) is 30.6 Å². The second kappa shape index (κ2) is 4.73. The molecule has 2 rings (SSSR count). The lowest BCUT2D eigenvalue weighted by Crippen LogP contribution is -2.11. The van der Waals surface area contributed by atoms with E-state index in [4.69, 9.17) is 4.74 Å². The number of aromatic nitrogens is 6. The van der Waals surface area contributed by atoms with Gasteiger partial charge in [-0.25, -0.2) is 4.98 Å². The molecule has 0 aliphatic heterocycles. The third-order valence-electron chi connectivity index (χ3n) is 2.13. The van der Waals surface area contributed by atoms with E-state index in [9.17, 15) is 0 Å². The number of aryl methyl sites for hydroxylation is 1. The lowest BCUT2D eigenvalue weighted by atomic mass is 10.3. The number of tetrazole rings is 1. The van der Waals surface area contributed by atoms with E-state index in [1.54, 1.807) is 13.2 Å². The second-order valence-corrected chi connectivity index (χ2v) is 3.51. The second-order valence-electron chi connectivity index (χ2n) is 3.51. The molecule has 0 amide bonds. The van der Waals surface area contributed by atoms with E-state index in [0.29, 0.717) is 17.7 Å². The molecular weight excluding hydrogens is 222 g/mol. The summed E-state index contributed by atoms with van der Waals surface area (Å²) in [6, 6.07) is 1.62. The quantitative estimate of drug-likeness (QED) is 0.794. The first-order chi connectivity index (χ1) is 8.19. The molecule has 0 aliphatic carbocycles. The van der Waals surface area contributed by atoms with E-state index in [1.807, 2.05) is 13.8 Å². The van der Waals surface area contributed by atoms with Crippen molar-refractivity contribution < 1.29 is 4.74 Å². The van der Waals surface area contributed by atoms with Crippen LogP contribution in [0.1, 0.15) is 24.5 Å². The fourth-order valence-electron chi connectivity index (χ4n) is 1.32. The van der Waals surface area contributed by atoms with Gasteiger partial charge in [-0.3, -0.25) is 0 Å². The van der Waals surface area contributed by atoms with Gasteiger partial charge in [0.05, 0.1) is 13.2 Å². The molecule has 90 valence electrons. The van der Waals surface area contributed by atoms with E-state index in [1.165, 1.54) is 0 Å². The minimum Gasteiger partial charge on any atom is -0.481 e. The number of hydrogen-bond donors (Lipinski definition) is 2. The zero-order valence-electron chi connectivity index (χ0n) is 9.80. The van der Waals surface area contributed by atoms with Crippen molar-refractivity contribution in [2.45, 2.75) is 19.9 Å². The van der Waals surface area contributed by atoms with Gasteiger partial charge in [0.1, 0.15) is 0 Å². The third-order valence-corrected chi connectivity index (χ3v) is 2.13. The van der Waals surface area contributed by atoms with Crippen LogP contribution in [0.2, 0.25) is 0 Å². The standard InChI is InChI=1S/C9H13N7O/c1-5-4-7(17-3)12-9(10-5)11-6(2)8-13-15-16-14-8/h4,6H,1-3H3,(H,10,11,12)(H,13,14,15,16). The van der Waals surface area contributed by atoms with Crippen LogP contribution in [0.25, 0.3) is 0 Å². The average Bonchev–Trinajstić information content (AvgIpc) is 2.81. The number of aromatic amines is 1. The third kappa shape index (κ3) is 2.65. The van der Waals surface area contributed by atoms with E-state index in [2.05, 4.69) is 35.9 Å². The molecule has 1 unspecified atom stereocenters. The minimum atomic E-state index is -0.139. The molecule has 0 spiro atoms. The summed E-state index contributed by atoms with van der Waals surface area (Å²) in [5.74, 6) is 1.54. The van der Waals surface area contributed by atoms with Crippen molar-refractivity contribution in [3.8, 4) is 5.88 Å². The Balaban J connectivity index is 2.15. The van der Waals surface area contributed by atoms with Crippen LogP contribution in [0, 0.1) is 6.92 Å². The molecule has 0 radical (unpaired) electrons. The highest BCUT2D eigenvalue weighted by Gasteiger charge is 2.12. The Morgan fingerprint density at radius 1 is 1.41 bits per heavy atom. The molecule has 0 aromatic carbocycles. The predicted molar refractivity (Wildman–Crippen MR) is 59.5 cm³/mol. The molecule has 2 aromatic heterocycles. The molecule has 0 bridgehead atoms. The van der Waals surface area contributed by atoms with Crippen molar-refractivity contribution in [3.05, 3.63) is 17.6 Å². The number of H-pyrrole nitrogens is 1. The molecule has 0 fully saturated rings. The van der Waals surface area contributed by atoms with Gasteiger partial charge in [0.25, 0.3) is 0 Å². The highest BCUT2D eigenvalue weighted by atomic mass is 16.5. The molecule has 17 heavy (non-hydrogen) atoms. The van der Waals surface area contributed by atoms with Crippen LogP contribution < -0.4 is 10.1 Å². The topological polar surface area (TPSA) is 102 Å². The van der Waals surface area contributed by atoms with Gasteiger partial charge < -0.3 is 10.1 Å². The average molecular weight is 235 g/mol. The largest absolute Gasteiger partial charge is 0.481 e. The molecule has 2 N–H and O–H groups in total. The van der Waals surface area contributed by atoms with Crippen molar-refractivity contribution in [2.24, 2.45) is 0 Å². The van der Waals surface area contributed by atoms with Crippen LogP contribution in [-0.2, 0) is 0 Å². The van der Waals surface area contributed by atoms with E-state index < -0.39 is 0 Å². The van der Waals surface area contributed by atoms with Gasteiger partial charge in [0, 0.05) is 11.8 Å². The van der Waals surface area contributed by atoms with Crippen LogP contribution in [0.3, 0.4) is 0 Å². The van der Waals surface area contributed by atoms with Crippen molar-refractivity contribution >= 4 is 5.95 Å². The molecule has 2 heterocycles. The van der Waals surface area contributed by atoms with E-state index in [0.717, 1.165) is 5.69 Å². The number of anilines is 1. The smallest absolute Gasteiger partial charge is 0.226 e. The Hall–Kier alpha value is -2.25. The van der Waals surface area contributed by atoms with Gasteiger partial charge in [0.2, 0.25) is 11.8 Å². The summed E-state index contributed by atoms with van der Waals surface area (Å²) in [5, 5.41) is 16.7. The maximum Gasteiger partial charge on any atom is 0.226 e. The molecule has 0 saturated heterocycles. The highest BCUT2D eigenvalue weighted by molar-refractivity contribution is 5.32. The maximum absolute atomic E-state index is 5.07. The first-order valence-electron chi connectivity index (χ1n) is 5.08. The number of nitrogens with one attached hydrogen (secondary N) is 2. The first kappa shape index (κ1) is 11.2. The molecule has 1 atom stereocenters. The summed E-state index contributed by atoms with van der Waals surface area (Å²) in [5.41, 5.74) is 0.819. The van der Waals surface area contributed by atoms with Crippen LogP contribution in [0.5, 0.6) is 5.88 Å². The van der Waals surface area contributed by atoms with Crippen LogP contribution in [0.4, 0.5) is 5.95 Å². The van der Waals surface area contributed by atoms with Gasteiger partial charge in [-0.15, -0.1) is 10.2 Å². The van der Waals surface area contributed by atoms with E-state index >= 15 is 0 Å². The Labute approximate surface area is 97.8 Å². The molecule has 8 heteroatoms. The molecule has 8 nitrogen and oxygen atoms in total. The van der Waals surface area contributed by atoms with Crippen LogP contribution in [0.15, 0.2) is 6.07 Å². The normalized spacial score (nSPS) is 12.2. The van der Waals surface area contributed by atoms with Gasteiger partial charge in [-0.05, 0) is 13.8 Å². The lowest BCUT2D eigenvalue weighted by Gasteiger charge is -2.10. The number of ether oxygens (including phenoxy) is 1. The van der Waals surface area contributed by atoms with Gasteiger partial charge in [0.15, 0.2) is 5.82 Å². The first-order valence-corrected chi connectivity index (χ1v) is 5.08. The fraction of sp³-hybridized carbons (Fsp3) is 0.444. The van der Waals surface area contributed by atoms with Crippen molar-refractivity contribution in [1.29, 1.82) is 0 Å². The van der Waals surface area contributed by atoms with Crippen molar-refractivity contribution in [2.75, 3.05) is 12.4 Å². The van der Waals surface area contributed by atoms with Crippen molar-refractivity contribution in [3.63, 3.8) is 0 Å². The number of rotatable bonds is 4. The maximum atomic E-state index is 5.07. The van der Waals surface area contributed by atoms with E-state index in [-0.39, 0.29) is 6.04 Å². The predicted octanol–water partition coefficient (Wildman–Crippen LogP) is 0.480. The monoisotopic (exact) mass is 235 g/mol. The summed E-state index contributed by atoms with van der Waals surface area (Å²) < 4.78 is 5.07. The SMILES string of the molecule is COc1cc(C)nc(NC(C)c2nn[nH]n2)n1. The number of nitrogens with zero attached hydrogens (tertiary/aromatic N) is 5. The summed E-state index contributed by atoms with van der Waals surface area (Å²) in [6.07, 6.45) is 0. The van der Waals surface area contributed by atoms with Crippen LogP contribution in [-0.4, -0.2) is 37.7 Å². The van der Waals surface area contributed by atoms with Crippen LogP contribution >= 0.6 is 0 Å². The molecule has 0 aliphatic rings. The summed E-state index contributed by atoms with van der Waals surface area (Å²) in [4.78, 5) is 8.41. The Bertz CT molecular complexity index is 484. The summed E-state index contributed by atoms with van der Waals surface area (Å²) >= 11 is 0. The Morgan fingerprint density at radius 3 is 2.88 bits per heavy atom. The highest BCUT2D eigenvalue weighted by Crippen LogP contribution is 2.15. The molecule has 2 aromatic rings. The Morgan fingerprint density at radius 2 is 2.24 bits per heavy atom. The number of hydrogen-bond acceptors (Lipinski definition) is 7. The minimum absolute atomic E-state index is 0.139.